The van der Waals surface area contributed by atoms with Gasteiger partial charge in [-0.3, -0.25) is 4.79 Å². The zero-order valence-corrected chi connectivity index (χ0v) is 8.51. The first-order valence-electron chi connectivity index (χ1n) is 4.59. The molecule has 2 N–H and O–H groups in total. The van der Waals surface area contributed by atoms with Crippen molar-refractivity contribution >= 4 is 15.8 Å². The van der Waals surface area contributed by atoms with Crippen LogP contribution in [0, 0.1) is 5.41 Å². The lowest BCUT2D eigenvalue weighted by Crippen LogP contribution is -2.30. The monoisotopic (exact) mass is 219 g/mol. The van der Waals surface area contributed by atoms with E-state index in [4.69, 9.17) is 5.11 Å². The van der Waals surface area contributed by atoms with Gasteiger partial charge in [0.2, 0.25) is 0 Å². The van der Waals surface area contributed by atoms with Gasteiger partial charge >= 0.3 is 5.97 Å². The van der Waals surface area contributed by atoms with Gasteiger partial charge in [-0.2, -0.15) is 0 Å². The number of carboxylic acids is 1. The average Bonchev–Trinajstić information content (AvgIpc) is 2.58. The van der Waals surface area contributed by atoms with Crippen LogP contribution < -0.4 is 5.32 Å². The molecule has 2 aliphatic rings. The van der Waals surface area contributed by atoms with Gasteiger partial charge in [-0.1, -0.05) is 0 Å². The van der Waals surface area contributed by atoms with E-state index < -0.39 is 21.8 Å². The van der Waals surface area contributed by atoms with E-state index in [0.717, 1.165) is 0 Å². The molecule has 2 heterocycles. The third-order valence-corrected chi connectivity index (χ3v) is 5.01. The summed E-state index contributed by atoms with van der Waals surface area (Å²) in [5, 5.41) is 11.6. The Bertz CT molecular complexity index is 364. The van der Waals surface area contributed by atoms with Crippen molar-refractivity contribution in [1.82, 2.24) is 5.32 Å². The lowest BCUT2D eigenvalue weighted by atomic mass is 9.85. The zero-order chi connectivity index (χ0) is 10.4. The molecule has 0 bridgehead atoms. The SMILES string of the molecule is O=C(O)C1CC2(CCS(=O)(=O)C2)CN1. The van der Waals surface area contributed by atoms with Crippen LogP contribution in [0.25, 0.3) is 0 Å². The Balaban J connectivity index is 2.12. The summed E-state index contributed by atoms with van der Waals surface area (Å²) in [5.74, 6) is -0.524. The third kappa shape index (κ3) is 1.64. The largest absolute Gasteiger partial charge is 0.480 e. The maximum Gasteiger partial charge on any atom is 0.320 e. The van der Waals surface area contributed by atoms with Crippen molar-refractivity contribution in [2.24, 2.45) is 5.41 Å². The van der Waals surface area contributed by atoms with Crippen LogP contribution in [0.3, 0.4) is 0 Å². The Morgan fingerprint density at radius 2 is 2.21 bits per heavy atom. The van der Waals surface area contributed by atoms with E-state index in [1.807, 2.05) is 0 Å². The molecule has 0 amide bonds. The molecule has 14 heavy (non-hydrogen) atoms. The molecule has 6 heteroatoms. The predicted molar refractivity (Wildman–Crippen MR) is 49.7 cm³/mol. The third-order valence-electron chi connectivity index (χ3n) is 3.13. The van der Waals surface area contributed by atoms with Crippen molar-refractivity contribution in [2.75, 3.05) is 18.1 Å². The second-order valence-electron chi connectivity index (χ2n) is 4.32. The Morgan fingerprint density at radius 1 is 1.50 bits per heavy atom. The van der Waals surface area contributed by atoms with E-state index >= 15 is 0 Å². The van der Waals surface area contributed by atoms with Crippen molar-refractivity contribution in [3.63, 3.8) is 0 Å². The molecule has 80 valence electrons. The number of carbonyl (C=O) groups is 1. The summed E-state index contributed by atoms with van der Waals surface area (Å²) in [4.78, 5) is 10.7. The van der Waals surface area contributed by atoms with Gasteiger partial charge in [0.1, 0.15) is 6.04 Å². The predicted octanol–water partition coefficient (Wildman–Crippen LogP) is -0.762. The van der Waals surface area contributed by atoms with E-state index in [9.17, 15) is 13.2 Å². The molecule has 2 fully saturated rings. The van der Waals surface area contributed by atoms with E-state index in [-0.39, 0.29) is 16.9 Å². The van der Waals surface area contributed by atoms with Crippen LogP contribution in [0.4, 0.5) is 0 Å². The summed E-state index contributed by atoms with van der Waals surface area (Å²) in [7, 11) is -2.92. The molecule has 1 spiro atoms. The molecule has 0 aliphatic carbocycles. The molecule has 0 aromatic rings. The van der Waals surface area contributed by atoms with Crippen LogP contribution >= 0.6 is 0 Å². The minimum Gasteiger partial charge on any atom is -0.480 e. The van der Waals surface area contributed by atoms with Gasteiger partial charge in [0.15, 0.2) is 9.84 Å². The number of rotatable bonds is 1. The normalized spacial score (nSPS) is 40.4. The molecule has 2 rings (SSSR count). The second kappa shape index (κ2) is 2.93. The molecule has 2 unspecified atom stereocenters. The Kier molecular flexibility index (Phi) is 2.08. The van der Waals surface area contributed by atoms with Crippen LogP contribution in [0.2, 0.25) is 0 Å². The molecule has 2 aliphatic heterocycles. The van der Waals surface area contributed by atoms with Gasteiger partial charge in [0.05, 0.1) is 11.5 Å². The number of hydrogen-bond acceptors (Lipinski definition) is 4. The Labute approximate surface area is 82.4 Å². The maximum atomic E-state index is 11.3. The number of carboxylic acid groups (broad SMARTS) is 1. The Morgan fingerprint density at radius 3 is 2.64 bits per heavy atom. The summed E-state index contributed by atoms with van der Waals surface area (Å²) in [6, 6.07) is -0.566. The number of hydrogen-bond donors (Lipinski definition) is 2. The highest BCUT2D eigenvalue weighted by atomic mass is 32.2. The molecule has 0 radical (unpaired) electrons. The van der Waals surface area contributed by atoms with E-state index in [1.54, 1.807) is 0 Å². The molecule has 2 saturated heterocycles. The quantitative estimate of drug-likeness (QED) is 0.605. The van der Waals surface area contributed by atoms with E-state index in [0.29, 0.717) is 19.4 Å². The van der Waals surface area contributed by atoms with Crippen molar-refractivity contribution in [3.8, 4) is 0 Å². The zero-order valence-electron chi connectivity index (χ0n) is 7.69. The summed E-state index contributed by atoms with van der Waals surface area (Å²) >= 11 is 0. The molecule has 2 atom stereocenters. The van der Waals surface area contributed by atoms with Gasteiger partial charge in [-0.25, -0.2) is 8.42 Å². The summed E-state index contributed by atoms with van der Waals surface area (Å²) in [6.45, 7) is 0.517. The average molecular weight is 219 g/mol. The van der Waals surface area contributed by atoms with Crippen LogP contribution in [0.1, 0.15) is 12.8 Å². The molecular formula is C8H13NO4S. The van der Waals surface area contributed by atoms with Gasteiger partial charge in [-0.05, 0) is 18.3 Å². The number of aliphatic carboxylic acids is 1. The van der Waals surface area contributed by atoms with Gasteiger partial charge < -0.3 is 10.4 Å². The molecular weight excluding hydrogens is 206 g/mol. The molecule has 0 aromatic carbocycles. The fourth-order valence-electron chi connectivity index (χ4n) is 2.37. The summed E-state index contributed by atoms with van der Waals surface area (Å²) in [5.41, 5.74) is -0.304. The van der Waals surface area contributed by atoms with Crippen LogP contribution in [0.5, 0.6) is 0 Å². The summed E-state index contributed by atoms with van der Waals surface area (Å²) in [6.07, 6.45) is 1.05. The minimum absolute atomic E-state index is 0.150. The summed E-state index contributed by atoms with van der Waals surface area (Å²) < 4.78 is 22.6. The van der Waals surface area contributed by atoms with Crippen LogP contribution in [-0.2, 0) is 14.6 Å². The number of sulfone groups is 1. The van der Waals surface area contributed by atoms with Gasteiger partial charge in [-0.15, -0.1) is 0 Å². The maximum absolute atomic E-state index is 11.3. The lowest BCUT2D eigenvalue weighted by Gasteiger charge is -2.18. The standard InChI is InChI=1S/C8H13NO4S/c10-7(11)6-3-8(4-9-6)1-2-14(12,13)5-8/h6,9H,1-5H2,(H,10,11). The topological polar surface area (TPSA) is 83.5 Å². The van der Waals surface area contributed by atoms with E-state index in [1.165, 1.54) is 0 Å². The van der Waals surface area contributed by atoms with Crippen LogP contribution in [-0.4, -0.2) is 43.6 Å². The van der Waals surface area contributed by atoms with E-state index in [2.05, 4.69) is 5.32 Å². The van der Waals surface area contributed by atoms with Crippen molar-refractivity contribution < 1.29 is 18.3 Å². The van der Waals surface area contributed by atoms with Crippen molar-refractivity contribution in [1.29, 1.82) is 0 Å². The van der Waals surface area contributed by atoms with Crippen molar-refractivity contribution in [2.45, 2.75) is 18.9 Å². The minimum atomic E-state index is -2.92. The first-order valence-corrected chi connectivity index (χ1v) is 6.41. The number of nitrogens with one attached hydrogen (secondary N) is 1. The molecule has 0 saturated carbocycles. The lowest BCUT2D eigenvalue weighted by molar-refractivity contribution is -0.139. The first kappa shape index (κ1) is 9.92. The highest BCUT2D eigenvalue weighted by molar-refractivity contribution is 7.91. The van der Waals surface area contributed by atoms with Crippen LogP contribution in [0.15, 0.2) is 0 Å². The molecule has 5 nitrogen and oxygen atoms in total. The highest BCUT2D eigenvalue weighted by Crippen LogP contribution is 2.39. The molecule has 0 aromatic heterocycles. The first-order chi connectivity index (χ1) is 6.43. The highest BCUT2D eigenvalue weighted by Gasteiger charge is 2.48. The smallest absolute Gasteiger partial charge is 0.320 e. The van der Waals surface area contributed by atoms with Gasteiger partial charge in [0, 0.05) is 6.54 Å². The van der Waals surface area contributed by atoms with Gasteiger partial charge in [0.25, 0.3) is 0 Å². The fraction of sp³-hybridized carbons (Fsp3) is 0.875. The second-order valence-corrected chi connectivity index (χ2v) is 6.50. The Hall–Kier alpha value is -0.620. The van der Waals surface area contributed by atoms with Crippen molar-refractivity contribution in [3.05, 3.63) is 0 Å². The fourth-order valence-corrected chi connectivity index (χ4v) is 4.56.